The zero-order valence-corrected chi connectivity index (χ0v) is 12.9. The van der Waals surface area contributed by atoms with Crippen molar-refractivity contribution in [1.29, 1.82) is 0 Å². The lowest BCUT2D eigenvalue weighted by Gasteiger charge is -1.97. The van der Waals surface area contributed by atoms with E-state index in [0.717, 1.165) is 11.1 Å². The molecular weight excluding hydrogens is 296 g/mol. The maximum absolute atomic E-state index is 11.6. The van der Waals surface area contributed by atoms with Gasteiger partial charge in [-0.05, 0) is 26.0 Å². The molecule has 0 aliphatic carbocycles. The van der Waals surface area contributed by atoms with Gasteiger partial charge in [-0.1, -0.05) is 22.9 Å². The second-order valence-corrected chi connectivity index (χ2v) is 5.03. The third-order valence-electron chi connectivity index (χ3n) is 3.18. The molecule has 0 saturated heterocycles. The van der Waals surface area contributed by atoms with E-state index in [2.05, 4.69) is 15.2 Å². The number of aromatic nitrogens is 4. The summed E-state index contributed by atoms with van der Waals surface area (Å²) < 4.78 is 11.8. The summed E-state index contributed by atoms with van der Waals surface area (Å²) in [5.74, 6) is 0.550. The highest BCUT2D eigenvalue weighted by atomic mass is 16.5. The fraction of sp³-hybridized carbons (Fsp3) is 0.250. The highest BCUT2D eigenvalue weighted by molar-refractivity contribution is 5.88. The Kier molecular flexibility index (Phi) is 4.18. The molecule has 1 aromatic carbocycles. The molecule has 0 radical (unpaired) electrons. The first kappa shape index (κ1) is 15.0. The fourth-order valence-electron chi connectivity index (χ4n) is 2.13. The van der Waals surface area contributed by atoms with E-state index in [0.29, 0.717) is 30.4 Å². The zero-order chi connectivity index (χ0) is 16.2. The van der Waals surface area contributed by atoms with E-state index in [1.807, 2.05) is 31.2 Å². The number of benzene rings is 1. The summed E-state index contributed by atoms with van der Waals surface area (Å²) >= 11 is 0. The zero-order valence-electron chi connectivity index (χ0n) is 12.9. The Morgan fingerprint density at radius 3 is 3.04 bits per heavy atom. The van der Waals surface area contributed by atoms with Gasteiger partial charge < -0.3 is 9.26 Å². The van der Waals surface area contributed by atoms with Crippen molar-refractivity contribution in [2.45, 2.75) is 20.4 Å². The molecule has 7 heteroatoms. The SMILES string of the molecule is CCOC(=O)c1cnn(Cc2noc(-c3cccc(C)c3)n2)c1. The van der Waals surface area contributed by atoms with Crippen molar-refractivity contribution in [2.75, 3.05) is 6.61 Å². The van der Waals surface area contributed by atoms with Crippen LogP contribution in [0.25, 0.3) is 11.5 Å². The number of hydrogen-bond acceptors (Lipinski definition) is 6. The first-order chi connectivity index (χ1) is 11.2. The third kappa shape index (κ3) is 3.45. The minimum Gasteiger partial charge on any atom is -0.462 e. The Morgan fingerprint density at radius 2 is 2.26 bits per heavy atom. The summed E-state index contributed by atoms with van der Waals surface area (Å²) in [6.07, 6.45) is 3.06. The highest BCUT2D eigenvalue weighted by Gasteiger charge is 2.12. The van der Waals surface area contributed by atoms with Gasteiger partial charge in [0.2, 0.25) is 0 Å². The average Bonchev–Trinajstić information content (AvgIpc) is 3.17. The third-order valence-corrected chi connectivity index (χ3v) is 3.18. The van der Waals surface area contributed by atoms with Crippen LogP contribution in [0, 0.1) is 6.92 Å². The topological polar surface area (TPSA) is 83.0 Å². The molecule has 0 atom stereocenters. The van der Waals surface area contributed by atoms with Gasteiger partial charge in [0.15, 0.2) is 5.82 Å². The van der Waals surface area contributed by atoms with Gasteiger partial charge in [-0.15, -0.1) is 0 Å². The summed E-state index contributed by atoms with van der Waals surface area (Å²) in [7, 11) is 0. The van der Waals surface area contributed by atoms with Crippen molar-refractivity contribution in [3.63, 3.8) is 0 Å². The molecule has 2 heterocycles. The smallest absolute Gasteiger partial charge is 0.341 e. The van der Waals surface area contributed by atoms with Crippen molar-refractivity contribution in [3.05, 3.63) is 53.6 Å². The van der Waals surface area contributed by atoms with Gasteiger partial charge in [0, 0.05) is 11.8 Å². The molecule has 0 amide bonds. The maximum atomic E-state index is 11.6. The number of rotatable bonds is 5. The van der Waals surface area contributed by atoms with Crippen molar-refractivity contribution in [3.8, 4) is 11.5 Å². The molecule has 0 unspecified atom stereocenters. The van der Waals surface area contributed by atoms with E-state index >= 15 is 0 Å². The van der Waals surface area contributed by atoms with Crippen LogP contribution in [-0.4, -0.2) is 32.5 Å². The van der Waals surface area contributed by atoms with Gasteiger partial charge in [0.1, 0.15) is 6.54 Å². The second-order valence-electron chi connectivity index (χ2n) is 5.03. The molecule has 118 valence electrons. The van der Waals surface area contributed by atoms with Crippen LogP contribution in [0.15, 0.2) is 41.2 Å². The molecule has 0 spiro atoms. The first-order valence-corrected chi connectivity index (χ1v) is 7.25. The Labute approximate surface area is 132 Å². The molecule has 2 aromatic heterocycles. The van der Waals surface area contributed by atoms with Crippen molar-refractivity contribution in [1.82, 2.24) is 19.9 Å². The lowest BCUT2D eigenvalue weighted by atomic mass is 10.1. The fourth-order valence-corrected chi connectivity index (χ4v) is 2.13. The van der Waals surface area contributed by atoms with Crippen LogP contribution in [0.2, 0.25) is 0 Å². The van der Waals surface area contributed by atoms with Crippen LogP contribution in [0.1, 0.15) is 28.7 Å². The van der Waals surface area contributed by atoms with E-state index in [-0.39, 0.29) is 0 Å². The van der Waals surface area contributed by atoms with E-state index in [1.54, 1.807) is 17.8 Å². The predicted octanol–water partition coefficient (Wildman–Crippen LogP) is 2.47. The van der Waals surface area contributed by atoms with Crippen molar-refractivity contribution < 1.29 is 14.1 Å². The number of carbonyl (C=O) groups is 1. The van der Waals surface area contributed by atoms with Gasteiger partial charge in [-0.25, -0.2) is 4.79 Å². The Morgan fingerprint density at radius 1 is 1.39 bits per heavy atom. The van der Waals surface area contributed by atoms with Crippen molar-refractivity contribution in [2.24, 2.45) is 0 Å². The monoisotopic (exact) mass is 312 g/mol. The molecule has 3 rings (SSSR count). The van der Waals surface area contributed by atoms with E-state index in [1.165, 1.54) is 6.20 Å². The molecule has 3 aromatic rings. The highest BCUT2D eigenvalue weighted by Crippen LogP contribution is 2.18. The van der Waals surface area contributed by atoms with Crippen LogP contribution in [0.4, 0.5) is 0 Å². The molecule has 0 saturated carbocycles. The Bertz CT molecular complexity index is 822. The van der Waals surface area contributed by atoms with Gasteiger partial charge in [-0.2, -0.15) is 10.1 Å². The van der Waals surface area contributed by atoms with Gasteiger partial charge in [-0.3, -0.25) is 4.68 Å². The predicted molar refractivity (Wildman–Crippen MR) is 81.8 cm³/mol. The summed E-state index contributed by atoms with van der Waals surface area (Å²) in [4.78, 5) is 16.0. The summed E-state index contributed by atoms with van der Waals surface area (Å²) in [6.45, 7) is 4.40. The number of esters is 1. The lowest BCUT2D eigenvalue weighted by Crippen LogP contribution is -2.04. The number of nitrogens with zero attached hydrogens (tertiary/aromatic N) is 4. The van der Waals surface area contributed by atoms with Gasteiger partial charge >= 0.3 is 5.97 Å². The van der Waals surface area contributed by atoms with Gasteiger partial charge in [0.05, 0.1) is 18.4 Å². The summed E-state index contributed by atoms with van der Waals surface area (Å²) in [5, 5.41) is 8.05. The number of carbonyl (C=O) groups excluding carboxylic acids is 1. The minimum absolute atomic E-state index is 0.314. The average molecular weight is 312 g/mol. The normalized spacial score (nSPS) is 10.7. The number of ether oxygens (including phenoxy) is 1. The largest absolute Gasteiger partial charge is 0.462 e. The van der Waals surface area contributed by atoms with Crippen LogP contribution >= 0.6 is 0 Å². The Hall–Kier alpha value is -2.96. The molecule has 23 heavy (non-hydrogen) atoms. The Balaban J connectivity index is 1.73. The van der Waals surface area contributed by atoms with Crippen LogP contribution < -0.4 is 0 Å². The molecular formula is C16H16N4O3. The van der Waals surface area contributed by atoms with Crippen LogP contribution in [-0.2, 0) is 11.3 Å². The first-order valence-electron chi connectivity index (χ1n) is 7.25. The quantitative estimate of drug-likeness (QED) is 0.673. The van der Waals surface area contributed by atoms with E-state index in [9.17, 15) is 4.79 Å². The molecule has 0 aliphatic heterocycles. The molecule has 0 bridgehead atoms. The van der Waals surface area contributed by atoms with Crippen molar-refractivity contribution >= 4 is 5.97 Å². The second kappa shape index (κ2) is 6.43. The van der Waals surface area contributed by atoms with Crippen LogP contribution in [0.5, 0.6) is 0 Å². The van der Waals surface area contributed by atoms with E-state index in [4.69, 9.17) is 9.26 Å². The molecule has 0 N–H and O–H groups in total. The standard InChI is InChI=1S/C16H16N4O3/c1-3-22-16(21)13-8-17-20(9-13)10-14-18-15(23-19-14)12-6-4-5-11(2)7-12/h4-9H,3,10H2,1-2H3. The molecule has 0 aliphatic rings. The summed E-state index contributed by atoms with van der Waals surface area (Å²) in [6, 6.07) is 7.83. The molecule has 0 fully saturated rings. The maximum Gasteiger partial charge on any atom is 0.341 e. The van der Waals surface area contributed by atoms with E-state index < -0.39 is 5.97 Å². The molecule has 7 nitrogen and oxygen atoms in total. The minimum atomic E-state index is -0.396. The van der Waals surface area contributed by atoms with Crippen LogP contribution in [0.3, 0.4) is 0 Å². The van der Waals surface area contributed by atoms with Gasteiger partial charge in [0.25, 0.3) is 5.89 Å². The number of aryl methyl sites for hydroxylation is 1. The lowest BCUT2D eigenvalue weighted by molar-refractivity contribution is 0.0526. The number of hydrogen-bond donors (Lipinski definition) is 0. The summed E-state index contributed by atoms with van der Waals surface area (Å²) in [5.41, 5.74) is 2.39.